The Labute approximate surface area is 416 Å². The Morgan fingerprint density at radius 2 is 0.662 bits per heavy atom. The average molecular weight is 904 g/mol. The number of benzene rings is 11. The molecule has 0 amide bonds. The highest BCUT2D eigenvalue weighted by Gasteiger charge is 2.51. The average Bonchev–Trinajstić information content (AvgIpc) is 4.00. The van der Waals surface area contributed by atoms with Crippen LogP contribution in [0.25, 0.3) is 77.9 Å². The van der Waals surface area contributed by atoms with Crippen molar-refractivity contribution in [3.05, 3.63) is 294 Å². The van der Waals surface area contributed by atoms with Crippen molar-refractivity contribution < 1.29 is 0 Å². The van der Waals surface area contributed by atoms with E-state index < -0.39 is 5.41 Å². The van der Waals surface area contributed by atoms with Gasteiger partial charge in [-0.2, -0.15) is 0 Å². The molecule has 3 aliphatic carbocycles. The fraction of sp³-hybridized carbons (Fsp3) is 0.0571. The zero-order valence-corrected chi connectivity index (χ0v) is 39.8. The molecule has 0 aliphatic heterocycles. The molecule has 0 atom stereocenters. The van der Waals surface area contributed by atoms with Crippen LogP contribution in [0.2, 0.25) is 0 Å². The van der Waals surface area contributed by atoms with Crippen molar-refractivity contribution in [2.45, 2.75) is 24.7 Å². The highest BCUT2D eigenvalue weighted by atomic mass is 15.1. The fourth-order valence-corrected chi connectivity index (χ4v) is 12.8. The summed E-state index contributed by atoms with van der Waals surface area (Å²) >= 11 is 0. The predicted molar refractivity (Wildman–Crippen MR) is 297 cm³/mol. The summed E-state index contributed by atoms with van der Waals surface area (Å²) in [5.41, 5.74) is 28.3. The van der Waals surface area contributed by atoms with Gasteiger partial charge in [0, 0.05) is 22.4 Å². The van der Waals surface area contributed by atoms with Crippen molar-refractivity contribution >= 4 is 17.1 Å². The van der Waals surface area contributed by atoms with Crippen LogP contribution in [0.5, 0.6) is 0 Å². The summed E-state index contributed by atoms with van der Waals surface area (Å²) in [6, 6.07) is 97.3. The van der Waals surface area contributed by atoms with Crippen LogP contribution < -0.4 is 4.90 Å². The Balaban J connectivity index is 1.01. The molecule has 71 heavy (non-hydrogen) atoms. The first-order valence-electron chi connectivity index (χ1n) is 24.9. The van der Waals surface area contributed by atoms with E-state index in [1.165, 1.54) is 111 Å². The van der Waals surface area contributed by atoms with Crippen LogP contribution in [0.1, 0.15) is 47.2 Å². The minimum absolute atomic E-state index is 0.0412. The summed E-state index contributed by atoms with van der Waals surface area (Å²) in [6.45, 7) is 4.70. The maximum Gasteiger partial charge on any atom is 0.0725 e. The molecule has 11 aromatic rings. The Morgan fingerprint density at radius 3 is 1.28 bits per heavy atom. The zero-order valence-electron chi connectivity index (χ0n) is 39.8. The molecule has 0 saturated heterocycles. The minimum atomic E-state index is -0.428. The molecular formula is C70H49N. The maximum atomic E-state index is 2.51. The maximum absolute atomic E-state index is 2.51. The van der Waals surface area contributed by atoms with Gasteiger partial charge in [-0.1, -0.05) is 238 Å². The summed E-state index contributed by atoms with van der Waals surface area (Å²) in [5.74, 6) is 0. The molecule has 0 radical (unpaired) electrons. The van der Waals surface area contributed by atoms with Gasteiger partial charge in [-0.05, 0) is 142 Å². The number of fused-ring (bicyclic) bond motifs is 13. The van der Waals surface area contributed by atoms with E-state index in [0.717, 1.165) is 17.1 Å². The molecule has 0 bridgehead atoms. The second-order valence-electron chi connectivity index (χ2n) is 19.9. The lowest BCUT2D eigenvalue weighted by Crippen LogP contribution is -2.25. The fourth-order valence-electron chi connectivity index (χ4n) is 12.8. The van der Waals surface area contributed by atoms with E-state index in [1.54, 1.807) is 0 Å². The molecule has 11 aromatic carbocycles. The molecule has 1 heteroatoms. The lowest BCUT2D eigenvalue weighted by atomic mass is 9.70. The Kier molecular flexibility index (Phi) is 9.22. The first kappa shape index (κ1) is 41.2. The highest BCUT2D eigenvalue weighted by molar-refractivity contribution is 6.03. The monoisotopic (exact) mass is 903 g/mol. The Morgan fingerprint density at radius 1 is 0.254 bits per heavy atom. The zero-order chi connectivity index (χ0) is 47.3. The Bertz CT molecular complexity index is 3850. The third-order valence-electron chi connectivity index (χ3n) is 15.9. The lowest BCUT2D eigenvalue weighted by Gasteiger charge is -2.32. The molecule has 14 rings (SSSR count). The number of hydrogen-bond acceptors (Lipinski definition) is 1. The van der Waals surface area contributed by atoms with E-state index in [9.17, 15) is 0 Å². The first-order valence-corrected chi connectivity index (χ1v) is 24.9. The number of anilines is 3. The molecule has 3 aliphatic rings. The predicted octanol–water partition coefficient (Wildman–Crippen LogP) is 18.5. The first-order chi connectivity index (χ1) is 35.0. The van der Waals surface area contributed by atoms with Crippen LogP contribution in [0.4, 0.5) is 17.1 Å². The third-order valence-corrected chi connectivity index (χ3v) is 15.9. The van der Waals surface area contributed by atoms with E-state index in [0.29, 0.717) is 0 Å². The van der Waals surface area contributed by atoms with Crippen LogP contribution in [0.15, 0.2) is 261 Å². The van der Waals surface area contributed by atoms with E-state index in [2.05, 4.69) is 280 Å². The molecule has 0 N–H and O–H groups in total. The van der Waals surface area contributed by atoms with E-state index in [1.807, 2.05) is 0 Å². The summed E-state index contributed by atoms with van der Waals surface area (Å²) in [4.78, 5) is 2.51. The van der Waals surface area contributed by atoms with Crippen molar-refractivity contribution in [1.82, 2.24) is 0 Å². The molecule has 0 fully saturated rings. The van der Waals surface area contributed by atoms with Gasteiger partial charge in [-0.15, -0.1) is 0 Å². The molecule has 0 heterocycles. The van der Waals surface area contributed by atoms with E-state index in [-0.39, 0.29) is 5.41 Å². The topological polar surface area (TPSA) is 3.24 Å². The summed E-state index contributed by atoms with van der Waals surface area (Å²) in [7, 11) is 0. The van der Waals surface area contributed by atoms with Crippen LogP contribution >= 0.6 is 0 Å². The number of hydrogen-bond donors (Lipinski definition) is 0. The van der Waals surface area contributed by atoms with E-state index in [4.69, 9.17) is 0 Å². The SMILES string of the molecule is CC1(C)c2ccccc2-c2cc(-c3ccc(N(c4ccc5c(c4)-c4ccccc4C54c5ccccc5-c5ccccc54)c4cccc(-c5ccccc5)c4-c4ccccc4-c4ccccc4)cc3)ccc21. The molecular weight excluding hydrogens is 855 g/mol. The number of rotatable bonds is 7. The minimum Gasteiger partial charge on any atom is -0.310 e. The molecule has 334 valence electrons. The molecule has 0 saturated carbocycles. The molecule has 0 unspecified atom stereocenters. The van der Waals surface area contributed by atoms with Crippen molar-refractivity contribution in [2.75, 3.05) is 4.90 Å². The van der Waals surface area contributed by atoms with Gasteiger partial charge in [0.1, 0.15) is 0 Å². The van der Waals surface area contributed by atoms with Gasteiger partial charge in [-0.3, -0.25) is 0 Å². The van der Waals surface area contributed by atoms with Gasteiger partial charge in [-0.25, -0.2) is 0 Å². The van der Waals surface area contributed by atoms with Crippen LogP contribution in [-0.4, -0.2) is 0 Å². The van der Waals surface area contributed by atoms with Crippen LogP contribution in [0, 0.1) is 0 Å². The molecule has 1 spiro atoms. The second-order valence-corrected chi connectivity index (χ2v) is 19.9. The molecule has 1 nitrogen and oxygen atoms in total. The standard InChI is InChI=1S/C70H49N/c1-69(2)61-31-15-11-27-56(61)59-44-49(38-42-62(59)69)46-36-39-50(40-37-46)71(67-35-19-30-53(48-22-7-4-8-23-48)68(67)58-29-10-9-24-52(58)47-20-5-3-6-21-47)51-41-43-66-60(45-51)57-28-14-18-34-65(57)70(66)63-32-16-12-25-54(63)55-26-13-17-33-64(55)70/h3-45H,1-2H3. The van der Waals surface area contributed by atoms with Gasteiger partial charge in [0.15, 0.2) is 0 Å². The van der Waals surface area contributed by atoms with Gasteiger partial charge in [0.2, 0.25) is 0 Å². The van der Waals surface area contributed by atoms with Crippen molar-refractivity contribution in [1.29, 1.82) is 0 Å². The second kappa shape index (κ2) is 15.9. The quantitative estimate of drug-likeness (QED) is 0.154. The Hall–Kier alpha value is -8.78. The number of nitrogens with zero attached hydrogens (tertiary/aromatic N) is 1. The lowest BCUT2D eigenvalue weighted by molar-refractivity contribution is 0.660. The van der Waals surface area contributed by atoms with Gasteiger partial charge < -0.3 is 4.90 Å². The van der Waals surface area contributed by atoms with E-state index >= 15 is 0 Å². The van der Waals surface area contributed by atoms with Crippen LogP contribution in [-0.2, 0) is 10.8 Å². The third kappa shape index (κ3) is 6.06. The molecule has 0 aromatic heterocycles. The normalized spacial score (nSPS) is 13.7. The van der Waals surface area contributed by atoms with Crippen molar-refractivity contribution in [2.24, 2.45) is 0 Å². The largest absolute Gasteiger partial charge is 0.310 e. The smallest absolute Gasteiger partial charge is 0.0725 e. The van der Waals surface area contributed by atoms with Crippen molar-refractivity contribution in [3.63, 3.8) is 0 Å². The summed E-state index contributed by atoms with van der Waals surface area (Å²) in [6.07, 6.45) is 0. The summed E-state index contributed by atoms with van der Waals surface area (Å²) in [5, 5.41) is 0. The summed E-state index contributed by atoms with van der Waals surface area (Å²) < 4.78 is 0. The highest BCUT2D eigenvalue weighted by Crippen LogP contribution is 2.63. The van der Waals surface area contributed by atoms with Crippen molar-refractivity contribution in [3.8, 4) is 77.9 Å². The van der Waals surface area contributed by atoms with Gasteiger partial charge in [0.05, 0.1) is 11.1 Å². The van der Waals surface area contributed by atoms with Gasteiger partial charge in [0.25, 0.3) is 0 Å². The van der Waals surface area contributed by atoms with Gasteiger partial charge >= 0.3 is 0 Å². The van der Waals surface area contributed by atoms with Crippen LogP contribution in [0.3, 0.4) is 0 Å².